The number of ketones is 1. The number of methoxy groups -OCH3 is 1. The minimum atomic E-state index is -0.543. The largest absolute Gasteiger partial charge is 0.497 e. The lowest BCUT2D eigenvalue weighted by molar-refractivity contribution is -0.158. The number of hydrogen-bond donors (Lipinski definition) is 1. The molecule has 1 aromatic rings. The Morgan fingerprint density at radius 2 is 1.76 bits per heavy atom. The average molecular weight is 509 g/mol. The number of hydrogen-bond acceptors (Lipinski definition) is 5. The van der Waals surface area contributed by atoms with Crippen molar-refractivity contribution in [3.05, 3.63) is 29.8 Å². The number of β-amino-alcohol motifs (C(OH)–C–C–N with tert-alkyl or cyclic N) is 1. The molecule has 204 valence electrons. The van der Waals surface area contributed by atoms with Crippen molar-refractivity contribution < 1.29 is 14.6 Å². The molecule has 5 aliphatic rings. The first-order valence-corrected chi connectivity index (χ1v) is 15.1. The summed E-state index contributed by atoms with van der Waals surface area (Å²) in [6.45, 7) is 10.8. The zero-order valence-corrected chi connectivity index (χ0v) is 23.4. The van der Waals surface area contributed by atoms with Crippen LogP contribution < -0.4 is 4.74 Å². The molecule has 2 unspecified atom stereocenters. The van der Waals surface area contributed by atoms with Gasteiger partial charge in [-0.2, -0.15) is 0 Å². The fourth-order valence-electron chi connectivity index (χ4n) is 9.79. The van der Waals surface area contributed by atoms with E-state index in [1.165, 1.54) is 24.8 Å². The first-order chi connectivity index (χ1) is 17.7. The van der Waals surface area contributed by atoms with Gasteiger partial charge in [0.25, 0.3) is 0 Å². The van der Waals surface area contributed by atoms with E-state index in [1.54, 1.807) is 7.11 Å². The van der Waals surface area contributed by atoms with Crippen LogP contribution >= 0.6 is 0 Å². The van der Waals surface area contributed by atoms with Crippen LogP contribution in [0.15, 0.2) is 24.3 Å². The number of fused-ring (bicyclic) bond motifs is 5. The van der Waals surface area contributed by atoms with Crippen LogP contribution in [-0.2, 0) is 11.3 Å². The maximum absolute atomic E-state index is 12.7. The number of Topliss-reactive ketones (excluding diaryl/α,β-unsaturated/α-hetero) is 1. The van der Waals surface area contributed by atoms with Gasteiger partial charge in [0.15, 0.2) is 0 Å². The van der Waals surface area contributed by atoms with E-state index in [-0.39, 0.29) is 5.41 Å². The van der Waals surface area contributed by atoms with Gasteiger partial charge >= 0.3 is 0 Å². The van der Waals surface area contributed by atoms with Gasteiger partial charge in [-0.3, -0.25) is 14.6 Å². The van der Waals surface area contributed by atoms with Crippen molar-refractivity contribution in [1.82, 2.24) is 9.80 Å². The number of ether oxygens (including phenoxy) is 1. The van der Waals surface area contributed by atoms with Crippen LogP contribution in [0.3, 0.4) is 0 Å². The maximum Gasteiger partial charge on any atom is 0.139 e. The average Bonchev–Trinajstić information content (AvgIpc) is 3.20. The van der Waals surface area contributed by atoms with Crippen LogP contribution in [0.2, 0.25) is 0 Å². The minimum absolute atomic E-state index is 0.0332. The van der Waals surface area contributed by atoms with Gasteiger partial charge in [0.2, 0.25) is 0 Å². The van der Waals surface area contributed by atoms with E-state index in [4.69, 9.17) is 4.74 Å². The molecule has 1 saturated heterocycles. The quantitative estimate of drug-likeness (QED) is 0.596. The van der Waals surface area contributed by atoms with Crippen molar-refractivity contribution in [2.24, 2.45) is 34.5 Å². The number of carbonyl (C=O) groups excluding carboxylic acids is 1. The lowest BCUT2D eigenvalue weighted by Gasteiger charge is -2.61. The molecule has 1 aliphatic heterocycles. The molecule has 0 aromatic heterocycles. The second kappa shape index (κ2) is 9.64. The Balaban J connectivity index is 1.04. The van der Waals surface area contributed by atoms with Crippen molar-refractivity contribution in [2.75, 3.05) is 39.8 Å². The third-order valence-electron chi connectivity index (χ3n) is 12.1. The number of piperazine rings is 1. The van der Waals surface area contributed by atoms with Crippen molar-refractivity contribution in [2.45, 2.75) is 83.8 Å². The van der Waals surface area contributed by atoms with Crippen LogP contribution in [0.5, 0.6) is 5.75 Å². The highest BCUT2D eigenvalue weighted by atomic mass is 16.5. The number of carbonyl (C=O) groups is 1. The summed E-state index contributed by atoms with van der Waals surface area (Å²) in [6.07, 6.45) is 9.86. The molecular formula is C32H48N2O3. The number of rotatable bonds is 5. The molecule has 1 heterocycles. The summed E-state index contributed by atoms with van der Waals surface area (Å²) < 4.78 is 5.39. The van der Waals surface area contributed by atoms with Crippen LogP contribution in [0, 0.1) is 34.5 Å². The second-order valence-electron chi connectivity index (χ2n) is 13.9. The van der Waals surface area contributed by atoms with Gasteiger partial charge < -0.3 is 9.84 Å². The SMILES string of the molecule is COc1cccc(CN2CCN(CC3(O)CC[C@@]4(C)C(CC[C@@H]5[C@H]4CC[C@]4(C)C(=O)CC[C@@H]54)C3)CC2)c1. The van der Waals surface area contributed by atoms with Gasteiger partial charge in [-0.15, -0.1) is 0 Å². The molecule has 5 fully saturated rings. The Bertz CT molecular complexity index is 1010. The normalized spacial score (nSPS) is 42.6. The molecular weight excluding hydrogens is 460 g/mol. The van der Waals surface area contributed by atoms with E-state index < -0.39 is 5.60 Å². The molecule has 5 heteroatoms. The standard InChI is InChI=1S/C32H48N2O3/c1-30-13-14-32(36,22-34-17-15-33(16-18-34)21-23-5-4-6-25(19-23)37-3)20-24(30)7-8-26-27-9-10-29(35)31(27,2)12-11-28(26)30/h4-6,19,24,26-28,36H,7-18,20-22H2,1-3H3/t24?,26-,27-,28+,30-,31-,32?/m0/s1. The molecule has 6 rings (SSSR count). The molecule has 0 amide bonds. The first-order valence-electron chi connectivity index (χ1n) is 15.1. The number of nitrogens with zero attached hydrogens (tertiary/aromatic N) is 2. The molecule has 1 aromatic carbocycles. The van der Waals surface area contributed by atoms with Gasteiger partial charge in [0.05, 0.1) is 12.7 Å². The zero-order chi connectivity index (χ0) is 25.8. The van der Waals surface area contributed by atoms with Gasteiger partial charge in [0.1, 0.15) is 11.5 Å². The van der Waals surface area contributed by atoms with E-state index >= 15 is 0 Å². The molecule has 4 saturated carbocycles. The summed E-state index contributed by atoms with van der Waals surface area (Å²) in [6, 6.07) is 8.40. The molecule has 0 bridgehead atoms. The summed E-state index contributed by atoms with van der Waals surface area (Å²) in [4.78, 5) is 17.8. The van der Waals surface area contributed by atoms with Crippen molar-refractivity contribution >= 4 is 5.78 Å². The third-order valence-corrected chi connectivity index (χ3v) is 12.1. The number of aliphatic hydroxyl groups is 1. The van der Waals surface area contributed by atoms with Crippen molar-refractivity contribution in [3.8, 4) is 5.75 Å². The highest BCUT2D eigenvalue weighted by molar-refractivity contribution is 5.87. The van der Waals surface area contributed by atoms with Gasteiger partial charge in [-0.05, 0) is 98.1 Å². The Hall–Kier alpha value is -1.43. The summed E-state index contributed by atoms with van der Waals surface area (Å²) in [7, 11) is 1.73. The monoisotopic (exact) mass is 508 g/mol. The maximum atomic E-state index is 12.7. The number of benzene rings is 1. The molecule has 1 N–H and O–H groups in total. The Kier molecular flexibility index (Phi) is 6.73. The second-order valence-corrected chi connectivity index (χ2v) is 13.9. The van der Waals surface area contributed by atoms with E-state index in [2.05, 4.69) is 41.8 Å². The van der Waals surface area contributed by atoms with Gasteiger partial charge in [-0.1, -0.05) is 26.0 Å². The highest BCUT2D eigenvalue weighted by Gasteiger charge is 2.61. The van der Waals surface area contributed by atoms with Crippen LogP contribution in [0.25, 0.3) is 0 Å². The van der Waals surface area contributed by atoms with E-state index in [0.29, 0.717) is 23.0 Å². The molecule has 0 radical (unpaired) electrons. The Labute approximate surface area is 223 Å². The summed E-state index contributed by atoms with van der Waals surface area (Å²) in [5.74, 6) is 4.20. The Morgan fingerprint density at radius 3 is 2.54 bits per heavy atom. The molecule has 7 atom stereocenters. The Morgan fingerprint density at radius 1 is 0.973 bits per heavy atom. The topological polar surface area (TPSA) is 53.0 Å². The summed E-state index contributed by atoms with van der Waals surface area (Å²) in [5, 5.41) is 11.8. The molecule has 0 spiro atoms. The van der Waals surface area contributed by atoms with Crippen molar-refractivity contribution in [1.29, 1.82) is 0 Å². The minimum Gasteiger partial charge on any atom is -0.497 e. The van der Waals surface area contributed by atoms with E-state index in [1.807, 2.05) is 6.07 Å². The van der Waals surface area contributed by atoms with Gasteiger partial charge in [0, 0.05) is 51.1 Å². The molecule has 5 nitrogen and oxygen atoms in total. The van der Waals surface area contributed by atoms with Crippen LogP contribution in [0.1, 0.15) is 77.2 Å². The van der Waals surface area contributed by atoms with Crippen molar-refractivity contribution in [3.63, 3.8) is 0 Å². The summed E-state index contributed by atoms with van der Waals surface area (Å²) >= 11 is 0. The zero-order valence-electron chi connectivity index (χ0n) is 23.4. The fourth-order valence-corrected chi connectivity index (χ4v) is 9.79. The predicted molar refractivity (Wildman–Crippen MR) is 146 cm³/mol. The first kappa shape index (κ1) is 25.8. The third kappa shape index (κ3) is 4.57. The predicted octanol–water partition coefficient (Wildman–Crippen LogP) is 5.16. The lowest BCUT2D eigenvalue weighted by Crippen LogP contribution is -2.59. The van der Waals surface area contributed by atoms with Crippen LogP contribution in [-0.4, -0.2) is 66.1 Å². The van der Waals surface area contributed by atoms with Crippen LogP contribution in [0.4, 0.5) is 0 Å². The van der Waals surface area contributed by atoms with E-state index in [0.717, 1.165) is 95.4 Å². The smallest absolute Gasteiger partial charge is 0.139 e. The fraction of sp³-hybridized carbons (Fsp3) is 0.781. The molecule has 37 heavy (non-hydrogen) atoms. The van der Waals surface area contributed by atoms with E-state index in [9.17, 15) is 9.90 Å². The lowest BCUT2D eigenvalue weighted by atomic mass is 9.44. The van der Waals surface area contributed by atoms with Gasteiger partial charge in [-0.25, -0.2) is 0 Å². The molecule has 4 aliphatic carbocycles. The summed E-state index contributed by atoms with van der Waals surface area (Å²) in [5.41, 5.74) is 1.07. The highest BCUT2D eigenvalue weighted by Crippen LogP contribution is 2.66.